The summed E-state index contributed by atoms with van der Waals surface area (Å²) in [6, 6.07) is 0.554. The van der Waals surface area contributed by atoms with E-state index in [4.69, 9.17) is 0 Å². The van der Waals surface area contributed by atoms with Gasteiger partial charge in [-0.15, -0.1) is 0 Å². The van der Waals surface area contributed by atoms with Crippen molar-refractivity contribution in [1.29, 1.82) is 0 Å². The molecule has 114 valence electrons. The molecular formula is C14H30N2O2S. The maximum Gasteiger partial charge on any atom is 0.211 e. The van der Waals surface area contributed by atoms with Gasteiger partial charge in [0.25, 0.3) is 0 Å². The van der Waals surface area contributed by atoms with Crippen molar-refractivity contribution in [2.45, 2.75) is 52.5 Å². The SMILES string of the molecule is CCNC(CC)C(C)CC1CCCN(S(C)(=O)=O)C1. The zero-order valence-corrected chi connectivity index (χ0v) is 13.7. The molecule has 0 aromatic rings. The van der Waals surface area contributed by atoms with E-state index in [1.165, 1.54) is 12.7 Å². The van der Waals surface area contributed by atoms with E-state index in [2.05, 4.69) is 26.1 Å². The van der Waals surface area contributed by atoms with Crippen molar-refractivity contribution in [1.82, 2.24) is 9.62 Å². The van der Waals surface area contributed by atoms with Crippen LogP contribution in [0, 0.1) is 11.8 Å². The summed E-state index contributed by atoms with van der Waals surface area (Å²) >= 11 is 0. The molecule has 3 unspecified atom stereocenters. The van der Waals surface area contributed by atoms with Crippen LogP contribution in [0.5, 0.6) is 0 Å². The van der Waals surface area contributed by atoms with E-state index in [9.17, 15) is 8.42 Å². The summed E-state index contributed by atoms with van der Waals surface area (Å²) in [4.78, 5) is 0. The summed E-state index contributed by atoms with van der Waals surface area (Å²) in [5.74, 6) is 1.13. The van der Waals surface area contributed by atoms with Crippen LogP contribution in [0.4, 0.5) is 0 Å². The van der Waals surface area contributed by atoms with E-state index in [1.54, 1.807) is 4.31 Å². The van der Waals surface area contributed by atoms with Gasteiger partial charge in [-0.2, -0.15) is 0 Å². The van der Waals surface area contributed by atoms with Crippen molar-refractivity contribution >= 4 is 10.0 Å². The first-order chi connectivity index (χ1) is 8.88. The maximum atomic E-state index is 11.6. The molecule has 0 bridgehead atoms. The minimum absolute atomic E-state index is 0.520. The lowest BCUT2D eigenvalue weighted by Gasteiger charge is -2.34. The Hall–Kier alpha value is -0.130. The van der Waals surface area contributed by atoms with Gasteiger partial charge in [0.15, 0.2) is 0 Å². The number of sulfonamides is 1. The molecule has 0 amide bonds. The van der Waals surface area contributed by atoms with E-state index in [0.717, 1.165) is 25.8 Å². The maximum absolute atomic E-state index is 11.6. The molecule has 1 N–H and O–H groups in total. The van der Waals surface area contributed by atoms with Crippen LogP contribution in [0.15, 0.2) is 0 Å². The first-order valence-electron chi connectivity index (χ1n) is 7.56. The number of nitrogens with zero attached hydrogens (tertiary/aromatic N) is 1. The summed E-state index contributed by atoms with van der Waals surface area (Å²) in [5.41, 5.74) is 0. The lowest BCUT2D eigenvalue weighted by atomic mass is 9.85. The Labute approximate surface area is 119 Å². The number of hydrogen-bond acceptors (Lipinski definition) is 3. The summed E-state index contributed by atoms with van der Waals surface area (Å²) in [6.07, 6.45) is 5.75. The molecule has 5 heteroatoms. The molecule has 0 spiro atoms. The molecule has 1 saturated heterocycles. The normalized spacial score (nSPS) is 25.2. The van der Waals surface area contributed by atoms with E-state index in [-0.39, 0.29) is 0 Å². The van der Waals surface area contributed by atoms with Crippen LogP contribution in [0.3, 0.4) is 0 Å². The van der Waals surface area contributed by atoms with E-state index < -0.39 is 10.0 Å². The van der Waals surface area contributed by atoms with Gasteiger partial charge in [0.2, 0.25) is 10.0 Å². The van der Waals surface area contributed by atoms with E-state index in [0.29, 0.717) is 31.0 Å². The van der Waals surface area contributed by atoms with Gasteiger partial charge in [0, 0.05) is 19.1 Å². The molecule has 0 saturated carbocycles. The topological polar surface area (TPSA) is 49.4 Å². The second-order valence-electron chi connectivity index (χ2n) is 5.91. The third-order valence-electron chi connectivity index (χ3n) is 4.25. The van der Waals surface area contributed by atoms with Crippen LogP contribution in [0.1, 0.15) is 46.5 Å². The standard InChI is InChI=1S/C14H30N2O2S/c1-5-14(15-6-2)12(3)10-13-8-7-9-16(11-13)19(4,17)18/h12-15H,5-11H2,1-4H3. The molecule has 4 nitrogen and oxygen atoms in total. The quantitative estimate of drug-likeness (QED) is 0.781. The smallest absolute Gasteiger partial charge is 0.211 e. The van der Waals surface area contributed by atoms with Crippen LogP contribution in [-0.4, -0.2) is 44.7 Å². The average molecular weight is 290 g/mol. The largest absolute Gasteiger partial charge is 0.314 e. The van der Waals surface area contributed by atoms with Gasteiger partial charge in [0.1, 0.15) is 0 Å². The summed E-state index contributed by atoms with van der Waals surface area (Å²) in [7, 11) is -3.01. The molecule has 3 atom stereocenters. The Morgan fingerprint density at radius 2 is 2.05 bits per heavy atom. The molecule has 1 aliphatic rings. The zero-order valence-electron chi connectivity index (χ0n) is 12.9. The van der Waals surface area contributed by atoms with Crippen LogP contribution < -0.4 is 5.32 Å². The van der Waals surface area contributed by atoms with Gasteiger partial charge in [-0.05, 0) is 44.1 Å². The van der Waals surface area contributed by atoms with Crippen molar-refractivity contribution in [3.8, 4) is 0 Å². The highest BCUT2D eigenvalue weighted by Crippen LogP contribution is 2.26. The van der Waals surface area contributed by atoms with Crippen molar-refractivity contribution in [2.75, 3.05) is 25.9 Å². The second-order valence-corrected chi connectivity index (χ2v) is 7.90. The first-order valence-corrected chi connectivity index (χ1v) is 9.41. The Morgan fingerprint density at radius 1 is 1.37 bits per heavy atom. The molecule has 1 fully saturated rings. The predicted octanol–water partition coefficient (Wildman–Crippen LogP) is 2.07. The fraction of sp³-hybridized carbons (Fsp3) is 1.00. The van der Waals surface area contributed by atoms with E-state index in [1.807, 2.05) is 0 Å². The molecule has 0 radical (unpaired) electrons. The van der Waals surface area contributed by atoms with Gasteiger partial charge in [-0.25, -0.2) is 12.7 Å². The van der Waals surface area contributed by atoms with Crippen LogP contribution >= 0.6 is 0 Å². The van der Waals surface area contributed by atoms with Crippen molar-refractivity contribution in [3.05, 3.63) is 0 Å². The first kappa shape index (κ1) is 16.9. The van der Waals surface area contributed by atoms with Crippen LogP contribution in [0.2, 0.25) is 0 Å². The molecule has 1 heterocycles. The van der Waals surface area contributed by atoms with Crippen molar-refractivity contribution in [2.24, 2.45) is 11.8 Å². The van der Waals surface area contributed by atoms with Crippen molar-refractivity contribution in [3.63, 3.8) is 0 Å². The molecule has 1 aliphatic heterocycles. The fourth-order valence-corrected chi connectivity index (χ4v) is 4.16. The molecule has 19 heavy (non-hydrogen) atoms. The summed E-state index contributed by atoms with van der Waals surface area (Å²) in [6.45, 7) is 9.06. The van der Waals surface area contributed by atoms with Gasteiger partial charge >= 0.3 is 0 Å². The van der Waals surface area contributed by atoms with Gasteiger partial charge in [-0.1, -0.05) is 20.8 Å². The minimum Gasteiger partial charge on any atom is -0.314 e. The van der Waals surface area contributed by atoms with Gasteiger partial charge < -0.3 is 5.32 Å². The van der Waals surface area contributed by atoms with Gasteiger partial charge in [0.05, 0.1) is 6.26 Å². The number of rotatable bonds is 7. The molecule has 0 aliphatic carbocycles. The second kappa shape index (κ2) is 7.60. The lowest BCUT2D eigenvalue weighted by Crippen LogP contribution is -2.41. The molecule has 0 aromatic heterocycles. The van der Waals surface area contributed by atoms with Crippen molar-refractivity contribution < 1.29 is 8.42 Å². The monoisotopic (exact) mass is 290 g/mol. The highest BCUT2D eigenvalue weighted by atomic mass is 32.2. The summed E-state index contributed by atoms with van der Waals surface area (Å²) in [5, 5.41) is 3.53. The number of hydrogen-bond donors (Lipinski definition) is 1. The van der Waals surface area contributed by atoms with Crippen LogP contribution in [0.25, 0.3) is 0 Å². The fourth-order valence-electron chi connectivity index (χ4n) is 3.22. The van der Waals surface area contributed by atoms with E-state index >= 15 is 0 Å². The Kier molecular flexibility index (Phi) is 6.77. The molecule has 1 rings (SSSR count). The molecule has 0 aromatic carbocycles. The lowest BCUT2D eigenvalue weighted by molar-refractivity contribution is 0.215. The Bertz CT molecular complexity index is 356. The Morgan fingerprint density at radius 3 is 2.58 bits per heavy atom. The summed E-state index contributed by atoms with van der Waals surface area (Å²) < 4.78 is 24.9. The average Bonchev–Trinajstić information content (AvgIpc) is 2.35. The third kappa shape index (κ3) is 5.40. The highest BCUT2D eigenvalue weighted by Gasteiger charge is 2.28. The zero-order chi connectivity index (χ0) is 14.5. The van der Waals surface area contributed by atoms with Crippen LogP contribution in [-0.2, 0) is 10.0 Å². The van der Waals surface area contributed by atoms with Gasteiger partial charge in [-0.3, -0.25) is 0 Å². The predicted molar refractivity (Wildman–Crippen MR) is 80.7 cm³/mol. The minimum atomic E-state index is -3.01. The Balaban J connectivity index is 2.52. The molecular weight excluding hydrogens is 260 g/mol. The third-order valence-corrected chi connectivity index (χ3v) is 5.52. The number of piperidine rings is 1. The highest BCUT2D eigenvalue weighted by molar-refractivity contribution is 7.88. The number of nitrogens with one attached hydrogen (secondary N) is 1.